The highest BCUT2D eigenvalue weighted by Gasteiger charge is 2.43. The summed E-state index contributed by atoms with van der Waals surface area (Å²) >= 11 is 1.75. The van der Waals surface area contributed by atoms with Crippen LogP contribution in [-0.2, 0) is 4.79 Å². The van der Waals surface area contributed by atoms with Crippen LogP contribution in [-0.4, -0.2) is 23.1 Å². The van der Waals surface area contributed by atoms with Crippen molar-refractivity contribution in [1.29, 1.82) is 0 Å². The van der Waals surface area contributed by atoms with E-state index in [-0.39, 0.29) is 5.41 Å². The Labute approximate surface area is 65.0 Å². The van der Waals surface area contributed by atoms with Crippen LogP contribution in [0.4, 0.5) is 0 Å². The number of carboxylic acid groups (broad SMARTS) is 1. The van der Waals surface area contributed by atoms with Crippen LogP contribution in [0.25, 0.3) is 0 Å². The minimum atomic E-state index is -0.647. The zero-order valence-electron chi connectivity index (χ0n) is 6.09. The second-order valence-electron chi connectivity index (χ2n) is 3.00. The summed E-state index contributed by atoms with van der Waals surface area (Å²) in [5.74, 6) is 0.366. The molecule has 0 aliphatic heterocycles. The van der Waals surface area contributed by atoms with Crippen molar-refractivity contribution < 1.29 is 9.90 Å². The minimum absolute atomic E-state index is 0.186. The molecule has 0 aromatic carbocycles. The molecule has 3 heteroatoms. The predicted molar refractivity (Wildman–Crippen MR) is 42.3 cm³/mol. The fourth-order valence-electron chi connectivity index (χ4n) is 1.18. The normalized spacial score (nSPS) is 20.5. The van der Waals surface area contributed by atoms with Gasteiger partial charge in [-0.2, -0.15) is 11.8 Å². The molecule has 0 atom stereocenters. The summed E-state index contributed by atoms with van der Waals surface area (Å²) in [6.07, 6.45) is 4.62. The lowest BCUT2D eigenvalue weighted by Gasteiger charge is -2.08. The Hall–Kier alpha value is -0.180. The van der Waals surface area contributed by atoms with Crippen LogP contribution in [0.15, 0.2) is 0 Å². The van der Waals surface area contributed by atoms with E-state index >= 15 is 0 Å². The molecule has 1 N–H and O–H groups in total. The van der Waals surface area contributed by atoms with Crippen molar-refractivity contribution in [2.24, 2.45) is 5.41 Å². The second kappa shape index (κ2) is 2.82. The number of aliphatic carboxylic acids is 1. The minimum Gasteiger partial charge on any atom is -0.481 e. The molecule has 1 rings (SSSR count). The van der Waals surface area contributed by atoms with Gasteiger partial charge < -0.3 is 5.11 Å². The molecule has 10 heavy (non-hydrogen) atoms. The fourth-order valence-corrected chi connectivity index (χ4v) is 2.18. The first-order valence-electron chi connectivity index (χ1n) is 3.39. The predicted octanol–water partition coefficient (Wildman–Crippen LogP) is 1.60. The summed E-state index contributed by atoms with van der Waals surface area (Å²) < 4.78 is 0. The monoisotopic (exact) mass is 160 g/mol. The Balaban J connectivity index is 2.30. The smallest absolute Gasteiger partial charge is 0.303 e. The van der Waals surface area contributed by atoms with Gasteiger partial charge in [-0.1, -0.05) is 0 Å². The summed E-state index contributed by atoms with van der Waals surface area (Å²) in [6, 6.07) is 0. The van der Waals surface area contributed by atoms with Crippen LogP contribution < -0.4 is 0 Å². The molecule has 0 aromatic heterocycles. The van der Waals surface area contributed by atoms with E-state index in [9.17, 15) is 4.79 Å². The Kier molecular flexibility index (Phi) is 2.24. The van der Waals surface area contributed by atoms with E-state index in [1.165, 1.54) is 0 Å². The molecule has 0 amide bonds. The average molecular weight is 160 g/mol. The summed E-state index contributed by atoms with van der Waals surface area (Å²) in [7, 11) is 0. The molecule has 58 valence electrons. The third kappa shape index (κ3) is 1.90. The Morgan fingerprint density at radius 2 is 2.30 bits per heavy atom. The van der Waals surface area contributed by atoms with Gasteiger partial charge in [0.2, 0.25) is 0 Å². The third-order valence-corrected chi connectivity index (χ3v) is 2.83. The molecule has 1 saturated carbocycles. The summed E-state index contributed by atoms with van der Waals surface area (Å²) in [6.45, 7) is 0. The van der Waals surface area contributed by atoms with Crippen LogP contribution in [0.2, 0.25) is 0 Å². The summed E-state index contributed by atoms with van der Waals surface area (Å²) in [5.41, 5.74) is 0.186. The van der Waals surface area contributed by atoms with Crippen LogP contribution >= 0.6 is 11.8 Å². The lowest BCUT2D eigenvalue weighted by Crippen LogP contribution is -2.10. The molecule has 0 aromatic rings. The van der Waals surface area contributed by atoms with Gasteiger partial charge in [0.25, 0.3) is 0 Å². The lowest BCUT2D eigenvalue weighted by molar-refractivity contribution is -0.138. The number of hydrogen-bond donors (Lipinski definition) is 1. The highest BCUT2D eigenvalue weighted by Crippen LogP contribution is 2.50. The Bertz CT molecular complexity index is 141. The topological polar surface area (TPSA) is 37.3 Å². The van der Waals surface area contributed by atoms with Crippen molar-refractivity contribution in [3.63, 3.8) is 0 Å². The summed E-state index contributed by atoms with van der Waals surface area (Å²) in [5, 5.41) is 8.51. The van der Waals surface area contributed by atoms with Crippen molar-refractivity contribution >= 4 is 17.7 Å². The van der Waals surface area contributed by atoms with Crippen LogP contribution in [0, 0.1) is 5.41 Å². The standard InChI is InChI=1S/C7H12O2S/c1-10-5-7(2-3-7)4-6(8)9/h2-5H2,1H3,(H,8,9). The molecule has 2 nitrogen and oxygen atoms in total. The Morgan fingerprint density at radius 1 is 1.70 bits per heavy atom. The maximum atomic E-state index is 10.3. The third-order valence-electron chi connectivity index (χ3n) is 1.93. The summed E-state index contributed by atoms with van der Waals surface area (Å²) in [4.78, 5) is 10.3. The number of rotatable bonds is 4. The molecule has 0 radical (unpaired) electrons. The van der Waals surface area contributed by atoms with E-state index in [2.05, 4.69) is 0 Å². The molecule has 1 aliphatic carbocycles. The van der Waals surface area contributed by atoms with E-state index in [1.54, 1.807) is 11.8 Å². The van der Waals surface area contributed by atoms with E-state index < -0.39 is 5.97 Å². The van der Waals surface area contributed by atoms with E-state index in [4.69, 9.17) is 5.11 Å². The maximum absolute atomic E-state index is 10.3. The zero-order valence-corrected chi connectivity index (χ0v) is 6.91. The molecule has 0 unspecified atom stereocenters. The fraction of sp³-hybridized carbons (Fsp3) is 0.857. The SMILES string of the molecule is CSCC1(CC(=O)O)CC1. The van der Waals surface area contributed by atoms with Crippen molar-refractivity contribution in [3.8, 4) is 0 Å². The number of hydrogen-bond acceptors (Lipinski definition) is 2. The molecule has 0 spiro atoms. The van der Waals surface area contributed by atoms with Gasteiger partial charge in [0.15, 0.2) is 0 Å². The molecular weight excluding hydrogens is 148 g/mol. The first-order valence-corrected chi connectivity index (χ1v) is 4.79. The van der Waals surface area contributed by atoms with E-state index in [0.717, 1.165) is 18.6 Å². The van der Waals surface area contributed by atoms with Gasteiger partial charge in [-0.05, 0) is 30.3 Å². The van der Waals surface area contributed by atoms with Crippen LogP contribution in [0.5, 0.6) is 0 Å². The first kappa shape index (κ1) is 7.92. The number of carboxylic acids is 1. The number of thioether (sulfide) groups is 1. The van der Waals surface area contributed by atoms with Gasteiger partial charge in [-0.15, -0.1) is 0 Å². The van der Waals surface area contributed by atoms with Gasteiger partial charge in [0, 0.05) is 0 Å². The molecule has 0 saturated heterocycles. The van der Waals surface area contributed by atoms with Gasteiger partial charge in [0.1, 0.15) is 0 Å². The van der Waals surface area contributed by atoms with Crippen LogP contribution in [0.1, 0.15) is 19.3 Å². The van der Waals surface area contributed by atoms with Crippen LogP contribution in [0.3, 0.4) is 0 Å². The highest BCUT2D eigenvalue weighted by atomic mass is 32.2. The Morgan fingerprint density at radius 3 is 2.60 bits per heavy atom. The number of carbonyl (C=O) groups is 1. The quantitative estimate of drug-likeness (QED) is 0.678. The molecule has 1 fully saturated rings. The van der Waals surface area contributed by atoms with Gasteiger partial charge >= 0.3 is 5.97 Å². The molecule has 1 aliphatic rings. The highest BCUT2D eigenvalue weighted by molar-refractivity contribution is 7.98. The maximum Gasteiger partial charge on any atom is 0.303 e. The van der Waals surface area contributed by atoms with Gasteiger partial charge in [-0.3, -0.25) is 4.79 Å². The molecular formula is C7H12O2S. The lowest BCUT2D eigenvalue weighted by atomic mass is 10.1. The van der Waals surface area contributed by atoms with Crippen molar-refractivity contribution in [3.05, 3.63) is 0 Å². The first-order chi connectivity index (χ1) is 4.68. The van der Waals surface area contributed by atoms with Gasteiger partial charge in [0.05, 0.1) is 6.42 Å². The average Bonchev–Trinajstić information content (AvgIpc) is 2.47. The van der Waals surface area contributed by atoms with E-state index in [0.29, 0.717) is 6.42 Å². The van der Waals surface area contributed by atoms with Crippen molar-refractivity contribution in [1.82, 2.24) is 0 Å². The molecule has 0 heterocycles. The largest absolute Gasteiger partial charge is 0.481 e. The molecule has 0 bridgehead atoms. The van der Waals surface area contributed by atoms with Crippen molar-refractivity contribution in [2.75, 3.05) is 12.0 Å². The van der Waals surface area contributed by atoms with E-state index in [1.807, 2.05) is 6.26 Å². The van der Waals surface area contributed by atoms with Crippen molar-refractivity contribution in [2.45, 2.75) is 19.3 Å². The zero-order chi connectivity index (χ0) is 7.61. The second-order valence-corrected chi connectivity index (χ2v) is 3.87. The van der Waals surface area contributed by atoms with Gasteiger partial charge in [-0.25, -0.2) is 0 Å².